The van der Waals surface area contributed by atoms with E-state index >= 15 is 0 Å². The lowest BCUT2D eigenvalue weighted by molar-refractivity contribution is 0.476. The van der Waals surface area contributed by atoms with Gasteiger partial charge in [0.2, 0.25) is 0 Å². The second-order valence-corrected chi connectivity index (χ2v) is 6.10. The highest BCUT2D eigenvalue weighted by Gasteiger charge is 2.69. The predicted octanol–water partition coefficient (Wildman–Crippen LogP) is 4.17. The van der Waals surface area contributed by atoms with E-state index in [9.17, 15) is 5.26 Å². The molecule has 2 heteroatoms. The topological polar surface area (TPSA) is 23.8 Å². The highest BCUT2D eigenvalue weighted by Crippen LogP contribution is 2.71. The Bertz CT molecular complexity index is 451. The van der Waals surface area contributed by atoms with Crippen LogP contribution in [0, 0.1) is 16.7 Å². The van der Waals surface area contributed by atoms with Gasteiger partial charge in [0, 0.05) is 4.47 Å². The van der Waals surface area contributed by atoms with Gasteiger partial charge in [-0.25, -0.2) is 0 Å². The fourth-order valence-corrected chi connectivity index (χ4v) is 3.75. The van der Waals surface area contributed by atoms with E-state index in [0.29, 0.717) is 5.41 Å². The van der Waals surface area contributed by atoms with Crippen molar-refractivity contribution in [2.24, 2.45) is 5.41 Å². The van der Waals surface area contributed by atoms with Crippen LogP contribution >= 0.6 is 15.9 Å². The van der Waals surface area contributed by atoms with Crippen LogP contribution in [-0.4, -0.2) is 0 Å². The van der Waals surface area contributed by atoms with Gasteiger partial charge in [0.1, 0.15) is 0 Å². The van der Waals surface area contributed by atoms with Crippen molar-refractivity contribution in [2.45, 2.75) is 37.5 Å². The third-order valence-corrected chi connectivity index (χ3v) is 5.00. The third-order valence-electron chi connectivity index (χ3n) is 4.47. The summed E-state index contributed by atoms with van der Waals surface area (Å²) in [6, 6.07) is 10.9. The maximum absolute atomic E-state index is 9.54. The second-order valence-electron chi connectivity index (χ2n) is 5.19. The summed E-state index contributed by atoms with van der Waals surface area (Å²) in [5.74, 6) is 0. The summed E-state index contributed by atoms with van der Waals surface area (Å²) in [4.78, 5) is 0. The molecule has 0 bridgehead atoms. The fraction of sp³-hybridized carbons (Fsp3) is 0.500. The van der Waals surface area contributed by atoms with Gasteiger partial charge in [-0.15, -0.1) is 0 Å². The van der Waals surface area contributed by atoms with Crippen LogP contribution in [0.2, 0.25) is 0 Å². The summed E-state index contributed by atoms with van der Waals surface area (Å²) in [5.41, 5.74) is 1.39. The molecule has 2 aliphatic carbocycles. The van der Waals surface area contributed by atoms with Crippen molar-refractivity contribution >= 4 is 15.9 Å². The average Bonchev–Trinajstić information content (AvgIpc) is 2.67. The zero-order chi connectivity index (χ0) is 11.2. The monoisotopic (exact) mass is 275 g/mol. The van der Waals surface area contributed by atoms with Crippen LogP contribution in [0.3, 0.4) is 0 Å². The number of hydrogen-bond donors (Lipinski definition) is 0. The fourth-order valence-electron chi connectivity index (χ4n) is 3.48. The maximum atomic E-state index is 9.54. The molecule has 2 fully saturated rings. The average molecular weight is 276 g/mol. The lowest BCUT2D eigenvalue weighted by atomic mass is 9.86. The van der Waals surface area contributed by atoms with Gasteiger partial charge < -0.3 is 0 Å². The van der Waals surface area contributed by atoms with E-state index in [1.165, 1.54) is 31.2 Å². The Kier molecular flexibility index (Phi) is 2.16. The molecule has 16 heavy (non-hydrogen) atoms. The molecule has 0 radical (unpaired) electrons. The van der Waals surface area contributed by atoms with E-state index in [1.54, 1.807) is 0 Å². The van der Waals surface area contributed by atoms with Crippen molar-refractivity contribution in [2.75, 3.05) is 0 Å². The summed E-state index contributed by atoms with van der Waals surface area (Å²) < 4.78 is 1.09. The Labute approximate surface area is 105 Å². The molecule has 1 atom stereocenters. The Balaban J connectivity index is 2.00. The Morgan fingerprint density at radius 1 is 1.12 bits per heavy atom. The first-order valence-corrected chi connectivity index (χ1v) is 6.69. The zero-order valence-corrected chi connectivity index (χ0v) is 10.8. The van der Waals surface area contributed by atoms with Crippen LogP contribution in [0.5, 0.6) is 0 Å². The number of nitriles is 1. The minimum Gasteiger partial charge on any atom is -0.197 e. The van der Waals surface area contributed by atoms with Crippen LogP contribution < -0.4 is 0 Å². The molecular formula is C14H14BrN. The maximum Gasteiger partial charge on any atom is 0.0885 e. The Hall–Kier alpha value is -0.810. The lowest BCUT2D eigenvalue weighted by Gasteiger charge is -2.15. The van der Waals surface area contributed by atoms with Crippen molar-refractivity contribution in [1.82, 2.24) is 0 Å². The molecule has 2 aliphatic rings. The van der Waals surface area contributed by atoms with Crippen molar-refractivity contribution < 1.29 is 0 Å². The highest BCUT2D eigenvalue weighted by atomic mass is 79.9. The van der Waals surface area contributed by atoms with Crippen LogP contribution in [0.25, 0.3) is 0 Å². The molecule has 0 aromatic heterocycles. The molecule has 2 saturated carbocycles. The molecule has 1 nitrogen and oxygen atoms in total. The SMILES string of the molecule is N#CC1(c2ccc(Br)cc2)CC12CCCC2. The van der Waals surface area contributed by atoms with Crippen LogP contribution in [0.15, 0.2) is 28.7 Å². The van der Waals surface area contributed by atoms with Gasteiger partial charge in [-0.2, -0.15) is 5.26 Å². The van der Waals surface area contributed by atoms with Crippen molar-refractivity contribution in [3.63, 3.8) is 0 Å². The van der Waals surface area contributed by atoms with Gasteiger partial charge in [0.25, 0.3) is 0 Å². The molecule has 1 aromatic carbocycles. The molecule has 0 saturated heterocycles. The van der Waals surface area contributed by atoms with E-state index in [2.05, 4.69) is 46.3 Å². The summed E-state index contributed by atoms with van der Waals surface area (Å²) in [7, 11) is 0. The first-order valence-electron chi connectivity index (χ1n) is 5.90. The summed E-state index contributed by atoms with van der Waals surface area (Å²) in [5, 5.41) is 9.54. The lowest BCUT2D eigenvalue weighted by Crippen LogP contribution is -2.14. The van der Waals surface area contributed by atoms with Crippen molar-refractivity contribution in [3.8, 4) is 6.07 Å². The minimum absolute atomic E-state index is 0.162. The zero-order valence-electron chi connectivity index (χ0n) is 9.17. The summed E-state index contributed by atoms with van der Waals surface area (Å²) >= 11 is 3.45. The van der Waals surface area contributed by atoms with E-state index in [0.717, 1.165) is 10.9 Å². The van der Waals surface area contributed by atoms with Crippen molar-refractivity contribution in [1.29, 1.82) is 5.26 Å². The smallest absolute Gasteiger partial charge is 0.0885 e. The minimum atomic E-state index is -0.162. The third kappa shape index (κ3) is 1.21. The van der Waals surface area contributed by atoms with Crippen molar-refractivity contribution in [3.05, 3.63) is 34.3 Å². The van der Waals surface area contributed by atoms with Gasteiger partial charge >= 0.3 is 0 Å². The normalized spacial score (nSPS) is 30.2. The largest absolute Gasteiger partial charge is 0.197 e. The molecule has 0 heterocycles. The number of benzene rings is 1. The van der Waals surface area contributed by atoms with Crippen LogP contribution in [-0.2, 0) is 5.41 Å². The second kappa shape index (κ2) is 3.34. The van der Waals surface area contributed by atoms with E-state index < -0.39 is 0 Å². The first-order chi connectivity index (χ1) is 7.72. The Morgan fingerprint density at radius 2 is 1.75 bits per heavy atom. The molecule has 1 aromatic rings. The number of nitrogens with zero attached hydrogens (tertiary/aromatic N) is 1. The van der Waals surface area contributed by atoms with E-state index in [4.69, 9.17) is 0 Å². The van der Waals surface area contributed by atoms with Gasteiger partial charge in [-0.3, -0.25) is 0 Å². The van der Waals surface area contributed by atoms with Crippen LogP contribution in [0.4, 0.5) is 0 Å². The predicted molar refractivity (Wildman–Crippen MR) is 67.0 cm³/mol. The van der Waals surface area contributed by atoms with Gasteiger partial charge in [-0.05, 0) is 42.4 Å². The van der Waals surface area contributed by atoms with Gasteiger partial charge in [0.15, 0.2) is 0 Å². The Morgan fingerprint density at radius 3 is 2.31 bits per heavy atom. The molecule has 1 unspecified atom stereocenters. The molecule has 3 rings (SSSR count). The summed E-state index contributed by atoms with van der Waals surface area (Å²) in [6.45, 7) is 0. The molecule has 0 aliphatic heterocycles. The van der Waals surface area contributed by atoms with Gasteiger partial charge in [-0.1, -0.05) is 40.9 Å². The molecular weight excluding hydrogens is 262 g/mol. The highest BCUT2D eigenvalue weighted by molar-refractivity contribution is 9.10. The molecule has 0 amide bonds. The van der Waals surface area contributed by atoms with E-state index in [-0.39, 0.29) is 5.41 Å². The van der Waals surface area contributed by atoms with Gasteiger partial charge in [0.05, 0.1) is 11.5 Å². The summed E-state index contributed by atoms with van der Waals surface area (Å²) in [6.07, 6.45) is 6.19. The molecule has 82 valence electrons. The standard InChI is InChI=1S/C14H14BrN/c15-12-5-3-11(4-6-12)14(10-16)9-13(14)7-1-2-8-13/h3-6H,1-2,7-9H2. The van der Waals surface area contributed by atoms with Crippen LogP contribution in [0.1, 0.15) is 37.7 Å². The quantitative estimate of drug-likeness (QED) is 0.755. The first kappa shape index (κ1) is 10.4. The number of rotatable bonds is 1. The molecule has 0 N–H and O–H groups in total. The molecule has 1 spiro atoms. The van der Waals surface area contributed by atoms with E-state index in [1.807, 2.05) is 0 Å². The number of hydrogen-bond acceptors (Lipinski definition) is 1. The number of halogens is 1.